The molecule has 130 valence electrons. The minimum Gasteiger partial charge on any atom is -0.324 e. The summed E-state index contributed by atoms with van der Waals surface area (Å²) in [4.78, 5) is 40.9. The summed E-state index contributed by atoms with van der Waals surface area (Å²) in [6, 6.07) is 4.46. The van der Waals surface area contributed by atoms with Gasteiger partial charge in [-0.3, -0.25) is 14.9 Å². The van der Waals surface area contributed by atoms with Crippen LogP contribution in [0.15, 0.2) is 36.9 Å². The van der Waals surface area contributed by atoms with E-state index >= 15 is 0 Å². The number of urea groups is 1. The van der Waals surface area contributed by atoms with Crippen LogP contribution < -0.4 is 10.6 Å². The average Bonchev–Trinajstić information content (AvgIpc) is 3.11. The summed E-state index contributed by atoms with van der Waals surface area (Å²) in [5, 5.41) is 5.31. The largest absolute Gasteiger partial charge is 0.325 e. The molecule has 2 aromatic rings. The molecule has 2 N–H and O–H groups in total. The van der Waals surface area contributed by atoms with Crippen LogP contribution in [-0.4, -0.2) is 44.4 Å². The number of imide groups is 1. The first-order valence-corrected chi connectivity index (χ1v) is 7.87. The van der Waals surface area contributed by atoms with Gasteiger partial charge in [0.25, 0.3) is 5.91 Å². The highest BCUT2D eigenvalue weighted by Gasteiger charge is 2.46. The van der Waals surface area contributed by atoms with Gasteiger partial charge in [-0.05, 0) is 32.0 Å². The van der Waals surface area contributed by atoms with E-state index in [-0.39, 0.29) is 6.54 Å². The number of halogens is 1. The Hall–Kier alpha value is -2.87. The Morgan fingerprint density at radius 2 is 2.12 bits per heavy atom. The van der Waals surface area contributed by atoms with Crippen LogP contribution >= 0.6 is 11.6 Å². The molecule has 9 heteroatoms. The monoisotopic (exact) mass is 361 g/mol. The summed E-state index contributed by atoms with van der Waals surface area (Å²) in [5.41, 5.74) is 0.141. The van der Waals surface area contributed by atoms with Crippen LogP contribution in [0.25, 0.3) is 5.69 Å². The second-order valence-electron chi connectivity index (χ2n) is 6.09. The molecule has 1 aliphatic rings. The van der Waals surface area contributed by atoms with E-state index in [9.17, 15) is 14.4 Å². The molecule has 1 aromatic heterocycles. The van der Waals surface area contributed by atoms with E-state index in [1.165, 1.54) is 4.90 Å². The van der Waals surface area contributed by atoms with Crippen molar-refractivity contribution in [2.24, 2.45) is 0 Å². The number of nitrogens with zero attached hydrogens (tertiary/aromatic N) is 3. The van der Waals surface area contributed by atoms with E-state index in [1.54, 1.807) is 55.3 Å². The number of benzene rings is 1. The molecule has 1 aliphatic heterocycles. The third-order valence-electron chi connectivity index (χ3n) is 4.01. The van der Waals surface area contributed by atoms with Gasteiger partial charge in [0.15, 0.2) is 0 Å². The third kappa shape index (κ3) is 3.20. The molecule has 0 bridgehead atoms. The molecular formula is C16H16ClN5O3. The van der Waals surface area contributed by atoms with Gasteiger partial charge in [-0.1, -0.05) is 11.6 Å². The van der Waals surface area contributed by atoms with Crippen molar-refractivity contribution in [1.82, 2.24) is 19.8 Å². The second kappa shape index (κ2) is 6.21. The first-order chi connectivity index (χ1) is 11.8. The van der Waals surface area contributed by atoms with E-state index in [0.717, 1.165) is 5.69 Å². The van der Waals surface area contributed by atoms with Crippen LogP contribution in [0.1, 0.15) is 13.8 Å². The third-order valence-corrected chi connectivity index (χ3v) is 4.31. The Balaban J connectivity index is 1.70. The molecule has 8 nitrogen and oxygen atoms in total. The number of hydrogen-bond donors (Lipinski definition) is 2. The summed E-state index contributed by atoms with van der Waals surface area (Å²) in [6.45, 7) is 2.92. The Morgan fingerprint density at radius 3 is 2.68 bits per heavy atom. The van der Waals surface area contributed by atoms with Crippen LogP contribution in [-0.2, 0) is 9.59 Å². The standard InChI is InChI=1S/C16H16ClN5O3/c1-16(2)14(24)20-15(25)22(16)8-13(23)19-10-3-4-12(11(17)7-10)21-6-5-18-9-21/h3-7,9H,8H2,1-2H3,(H,19,23)(H,20,24,25). The predicted molar refractivity (Wildman–Crippen MR) is 91.5 cm³/mol. The van der Waals surface area contributed by atoms with E-state index in [4.69, 9.17) is 11.6 Å². The van der Waals surface area contributed by atoms with Crippen molar-refractivity contribution < 1.29 is 14.4 Å². The summed E-state index contributed by atoms with van der Waals surface area (Å²) >= 11 is 6.24. The lowest BCUT2D eigenvalue weighted by Gasteiger charge is -2.27. The molecule has 3 rings (SSSR count). The maximum absolute atomic E-state index is 12.2. The molecule has 2 heterocycles. The minimum atomic E-state index is -1.07. The summed E-state index contributed by atoms with van der Waals surface area (Å²) in [6.07, 6.45) is 5.01. The molecule has 1 aromatic carbocycles. The molecule has 1 saturated heterocycles. The molecule has 0 unspecified atom stereocenters. The van der Waals surface area contributed by atoms with Gasteiger partial charge in [0, 0.05) is 18.1 Å². The quantitative estimate of drug-likeness (QED) is 0.811. The molecule has 0 radical (unpaired) electrons. The molecule has 4 amide bonds. The minimum absolute atomic E-state index is 0.245. The van der Waals surface area contributed by atoms with Crippen molar-refractivity contribution in [2.75, 3.05) is 11.9 Å². The molecule has 0 aliphatic carbocycles. The fourth-order valence-electron chi connectivity index (χ4n) is 2.50. The zero-order valence-electron chi connectivity index (χ0n) is 13.6. The first kappa shape index (κ1) is 17.0. The second-order valence-corrected chi connectivity index (χ2v) is 6.50. The molecule has 0 atom stereocenters. The average molecular weight is 362 g/mol. The van der Waals surface area contributed by atoms with Gasteiger partial charge in [-0.2, -0.15) is 0 Å². The molecule has 25 heavy (non-hydrogen) atoms. The highest BCUT2D eigenvalue weighted by Crippen LogP contribution is 2.25. The molecule has 1 fully saturated rings. The Morgan fingerprint density at radius 1 is 1.36 bits per heavy atom. The fraction of sp³-hybridized carbons (Fsp3) is 0.250. The van der Waals surface area contributed by atoms with Crippen LogP contribution in [0.2, 0.25) is 5.02 Å². The van der Waals surface area contributed by atoms with Crippen molar-refractivity contribution >= 4 is 35.1 Å². The van der Waals surface area contributed by atoms with Gasteiger partial charge < -0.3 is 14.8 Å². The topological polar surface area (TPSA) is 96.3 Å². The lowest BCUT2D eigenvalue weighted by molar-refractivity contribution is -0.126. The number of nitrogens with one attached hydrogen (secondary N) is 2. The number of imidazole rings is 1. The van der Waals surface area contributed by atoms with Crippen LogP contribution in [0.3, 0.4) is 0 Å². The molecule has 0 saturated carbocycles. The van der Waals surface area contributed by atoms with Crippen molar-refractivity contribution in [3.63, 3.8) is 0 Å². The number of aromatic nitrogens is 2. The van der Waals surface area contributed by atoms with Gasteiger partial charge in [0.1, 0.15) is 12.1 Å². The Bertz CT molecular complexity index is 847. The Kier molecular flexibility index (Phi) is 4.22. The van der Waals surface area contributed by atoms with Crippen molar-refractivity contribution in [2.45, 2.75) is 19.4 Å². The van der Waals surface area contributed by atoms with Gasteiger partial charge >= 0.3 is 6.03 Å². The SMILES string of the molecule is CC1(C)C(=O)NC(=O)N1CC(=O)Nc1ccc(-n2ccnc2)c(Cl)c1. The molecular weight excluding hydrogens is 346 g/mol. The zero-order valence-corrected chi connectivity index (χ0v) is 14.4. The highest BCUT2D eigenvalue weighted by molar-refractivity contribution is 6.32. The number of carbonyl (C=O) groups excluding carboxylic acids is 3. The highest BCUT2D eigenvalue weighted by atomic mass is 35.5. The number of rotatable bonds is 4. The van der Waals surface area contributed by atoms with Gasteiger partial charge in [-0.25, -0.2) is 9.78 Å². The maximum atomic E-state index is 12.2. The van der Waals surface area contributed by atoms with E-state index in [0.29, 0.717) is 10.7 Å². The van der Waals surface area contributed by atoms with Gasteiger partial charge in [0.05, 0.1) is 17.0 Å². The van der Waals surface area contributed by atoms with Crippen molar-refractivity contribution in [3.8, 4) is 5.69 Å². The number of amides is 4. The smallest absolute Gasteiger partial charge is 0.324 e. The van der Waals surface area contributed by atoms with Crippen LogP contribution in [0.5, 0.6) is 0 Å². The lowest BCUT2D eigenvalue weighted by Crippen LogP contribution is -2.47. The van der Waals surface area contributed by atoms with Crippen LogP contribution in [0.4, 0.5) is 10.5 Å². The number of carbonyl (C=O) groups is 3. The number of hydrogen-bond acceptors (Lipinski definition) is 4. The zero-order chi connectivity index (χ0) is 18.2. The van der Waals surface area contributed by atoms with Crippen LogP contribution in [0, 0.1) is 0 Å². The maximum Gasteiger partial charge on any atom is 0.325 e. The number of anilines is 1. The first-order valence-electron chi connectivity index (χ1n) is 7.50. The van der Waals surface area contributed by atoms with E-state index in [1.807, 2.05) is 0 Å². The Labute approximate surface area is 148 Å². The van der Waals surface area contributed by atoms with E-state index in [2.05, 4.69) is 15.6 Å². The van der Waals surface area contributed by atoms with Gasteiger partial charge in [-0.15, -0.1) is 0 Å². The molecule has 0 spiro atoms. The summed E-state index contributed by atoms with van der Waals surface area (Å²) in [7, 11) is 0. The van der Waals surface area contributed by atoms with Crippen molar-refractivity contribution in [3.05, 3.63) is 41.9 Å². The summed E-state index contributed by atoms with van der Waals surface area (Å²) in [5.74, 6) is -0.859. The lowest BCUT2D eigenvalue weighted by atomic mass is 10.0. The van der Waals surface area contributed by atoms with Gasteiger partial charge in [0.2, 0.25) is 5.91 Å². The van der Waals surface area contributed by atoms with E-state index < -0.39 is 23.4 Å². The fourth-order valence-corrected chi connectivity index (χ4v) is 2.78. The van der Waals surface area contributed by atoms with Crippen molar-refractivity contribution in [1.29, 1.82) is 0 Å². The predicted octanol–water partition coefficient (Wildman–Crippen LogP) is 1.79. The summed E-state index contributed by atoms with van der Waals surface area (Å²) < 4.78 is 1.75. The normalized spacial score (nSPS) is 16.0.